The number of benzene rings is 1. The summed E-state index contributed by atoms with van der Waals surface area (Å²) in [6.07, 6.45) is 3.53. The lowest BCUT2D eigenvalue weighted by molar-refractivity contribution is 0.198. The molecular weight excluding hydrogens is 378 g/mol. The Morgan fingerprint density at radius 3 is 2.72 bits per heavy atom. The van der Waals surface area contributed by atoms with Crippen molar-refractivity contribution in [1.29, 1.82) is 0 Å². The smallest absolute Gasteiger partial charge is 0.191 e. The summed E-state index contributed by atoms with van der Waals surface area (Å²) in [5, 5.41) is 9.38. The van der Waals surface area contributed by atoms with E-state index in [0.717, 1.165) is 45.2 Å². The van der Waals surface area contributed by atoms with Gasteiger partial charge in [-0.05, 0) is 41.8 Å². The van der Waals surface area contributed by atoms with Crippen LogP contribution in [0.15, 0.2) is 46.8 Å². The van der Waals surface area contributed by atoms with Crippen molar-refractivity contribution in [2.24, 2.45) is 4.99 Å². The topological polar surface area (TPSA) is 42.9 Å². The molecule has 3 heterocycles. The molecule has 29 heavy (non-hydrogen) atoms. The summed E-state index contributed by atoms with van der Waals surface area (Å²) < 4.78 is 0. The quantitative estimate of drug-likeness (QED) is 0.567. The van der Waals surface area contributed by atoms with E-state index in [1.54, 1.807) is 4.88 Å². The van der Waals surface area contributed by atoms with Crippen molar-refractivity contribution >= 4 is 17.3 Å². The Bertz CT molecular complexity index is 780. The number of nitrogens with zero attached hydrogens (tertiary/aromatic N) is 3. The highest BCUT2D eigenvalue weighted by atomic mass is 32.1. The van der Waals surface area contributed by atoms with Gasteiger partial charge >= 0.3 is 0 Å². The van der Waals surface area contributed by atoms with Gasteiger partial charge in [0, 0.05) is 63.8 Å². The molecule has 0 spiro atoms. The minimum absolute atomic E-state index is 0.511. The van der Waals surface area contributed by atoms with Crippen LogP contribution < -0.4 is 10.6 Å². The zero-order valence-electron chi connectivity index (χ0n) is 17.4. The molecule has 1 aromatic carbocycles. The van der Waals surface area contributed by atoms with Crippen LogP contribution in [0.4, 0.5) is 0 Å². The Hall–Kier alpha value is -1.89. The van der Waals surface area contributed by atoms with Gasteiger partial charge < -0.3 is 10.6 Å². The number of rotatable bonds is 6. The minimum Gasteiger partial charge on any atom is -0.355 e. The number of piperidine rings is 1. The Kier molecular flexibility index (Phi) is 7.19. The van der Waals surface area contributed by atoms with E-state index in [-0.39, 0.29) is 0 Å². The molecule has 2 aliphatic heterocycles. The second-order valence-corrected chi connectivity index (χ2v) is 9.08. The zero-order valence-corrected chi connectivity index (χ0v) is 18.3. The largest absolute Gasteiger partial charge is 0.355 e. The second kappa shape index (κ2) is 10.2. The maximum absolute atomic E-state index is 4.44. The summed E-state index contributed by atoms with van der Waals surface area (Å²) in [5.41, 5.74) is 2.93. The van der Waals surface area contributed by atoms with Crippen LogP contribution in [0.2, 0.25) is 0 Å². The molecule has 1 saturated heterocycles. The zero-order chi connectivity index (χ0) is 19.9. The molecule has 0 amide bonds. The standard InChI is InChI=1S/C23H33N5S/c1-24-23(25-11-15-28-14-9-22-20(18-28)10-16-29-22)26-21-7-12-27(13-8-21)17-19-5-3-2-4-6-19/h2-6,10,16,21H,7-9,11-15,17-18H2,1H3,(H2,24,25,26). The van der Waals surface area contributed by atoms with Gasteiger partial charge in [0.25, 0.3) is 0 Å². The van der Waals surface area contributed by atoms with Crippen LogP contribution in [0.1, 0.15) is 28.8 Å². The first-order valence-electron chi connectivity index (χ1n) is 10.8. The van der Waals surface area contributed by atoms with E-state index in [1.165, 1.54) is 36.9 Å². The number of nitrogens with one attached hydrogen (secondary N) is 2. The maximum Gasteiger partial charge on any atom is 0.191 e. The van der Waals surface area contributed by atoms with Crippen LogP contribution in [0.3, 0.4) is 0 Å². The molecule has 2 aliphatic rings. The number of thiophene rings is 1. The SMILES string of the molecule is CN=C(NCCN1CCc2sccc2C1)NC1CCN(Cc2ccccc2)CC1. The molecule has 0 unspecified atom stereocenters. The first-order valence-corrected chi connectivity index (χ1v) is 11.7. The Morgan fingerprint density at radius 2 is 1.93 bits per heavy atom. The van der Waals surface area contributed by atoms with Crippen molar-refractivity contribution in [1.82, 2.24) is 20.4 Å². The third-order valence-electron chi connectivity index (χ3n) is 6.01. The first-order chi connectivity index (χ1) is 14.3. The number of fused-ring (bicyclic) bond motifs is 1. The molecule has 2 N–H and O–H groups in total. The van der Waals surface area contributed by atoms with Gasteiger partial charge in [0.05, 0.1) is 0 Å². The number of aliphatic imine (C=N–C) groups is 1. The lowest BCUT2D eigenvalue weighted by Gasteiger charge is -2.33. The Morgan fingerprint density at radius 1 is 1.10 bits per heavy atom. The van der Waals surface area contributed by atoms with Gasteiger partial charge in [0.1, 0.15) is 0 Å². The third-order valence-corrected chi connectivity index (χ3v) is 7.03. The van der Waals surface area contributed by atoms with E-state index in [0.29, 0.717) is 6.04 Å². The third kappa shape index (κ3) is 5.81. The fourth-order valence-corrected chi connectivity index (χ4v) is 5.18. The van der Waals surface area contributed by atoms with Gasteiger partial charge in [-0.25, -0.2) is 0 Å². The molecule has 0 radical (unpaired) electrons. The fourth-order valence-electron chi connectivity index (χ4n) is 4.30. The molecule has 6 heteroatoms. The van der Waals surface area contributed by atoms with E-state index in [4.69, 9.17) is 0 Å². The minimum atomic E-state index is 0.511. The van der Waals surface area contributed by atoms with Crippen molar-refractivity contribution in [3.8, 4) is 0 Å². The molecule has 4 rings (SSSR count). The molecule has 1 aromatic heterocycles. The lowest BCUT2D eigenvalue weighted by atomic mass is 10.0. The van der Waals surface area contributed by atoms with Crippen molar-refractivity contribution in [2.45, 2.75) is 38.4 Å². The van der Waals surface area contributed by atoms with Crippen LogP contribution in [0.25, 0.3) is 0 Å². The first kappa shape index (κ1) is 20.4. The average molecular weight is 412 g/mol. The van der Waals surface area contributed by atoms with Gasteiger partial charge in [-0.3, -0.25) is 14.8 Å². The molecule has 0 bridgehead atoms. The lowest BCUT2D eigenvalue weighted by Crippen LogP contribution is -2.49. The predicted octanol–water partition coefficient (Wildman–Crippen LogP) is 2.94. The molecule has 0 saturated carbocycles. The highest BCUT2D eigenvalue weighted by Crippen LogP contribution is 2.23. The monoisotopic (exact) mass is 411 g/mol. The van der Waals surface area contributed by atoms with Crippen molar-refractivity contribution in [3.63, 3.8) is 0 Å². The molecule has 2 aromatic rings. The Balaban J connectivity index is 1.15. The van der Waals surface area contributed by atoms with Crippen LogP contribution >= 0.6 is 11.3 Å². The molecule has 5 nitrogen and oxygen atoms in total. The van der Waals surface area contributed by atoms with Crippen LogP contribution in [0, 0.1) is 0 Å². The van der Waals surface area contributed by atoms with E-state index in [2.05, 4.69) is 67.2 Å². The van der Waals surface area contributed by atoms with Gasteiger partial charge in [-0.2, -0.15) is 0 Å². The number of hydrogen-bond acceptors (Lipinski definition) is 4. The normalized spacial score (nSPS) is 19.1. The van der Waals surface area contributed by atoms with Crippen molar-refractivity contribution < 1.29 is 0 Å². The van der Waals surface area contributed by atoms with E-state index < -0.39 is 0 Å². The van der Waals surface area contributed by atoms with Crippen LogP contribution in [0.5, 0.6) is 0 Å². The summed E-state index contributed by atoms with van der Waals surface area (Å²) >= 11 is 1.90. The Labute approximate surface area is 178 Å². The summed E-state index contributed by atoms with van der Waals surface area (Å²) in [5.74, 6) is 0.944. The average Bonchev–Trinajstić information content (AvgIpc) is 3.23. The highest BCUT2D eigenvalue weighted by Gasteiger charge is 2.20. The van der Waals surface area contributed by atoms with Gasteiger partial charge in [0.15, 0.2) is 5.96 Å². The fraction of sp³-hybridized carbons (Fsp3) is 0.522. The molecule has 156 valence electrons. The molecule has 0 atom stereocenters. The van der Waals surface area contributed by atoms with E-state index in [1.807, 2.05) is 18.4 Å². The number of guanidine groups is 1. The van der Waals surface area contributed by atoms with Crippen LogP contribution in [-0.2, 0) is 19.5 Å². The second-order valence-electron chi connectivity index (χ2n) is 8.07. The summed E-state index contributed by atoms with van der Waals surface area (Å²) in [6, 6.07) is 13.6. The van der Waals surface area contributed by atoms with Gasteiger partial charge in [-0.1, -0.05) is 30.3 Å². The maximum atomic E-state index is 4.44. The molecule has 1 fully saturated rings. The molecule has 0 aliphatic carbocycles. The number of likely N-dealkylation sites (tertiary alicyclic amines) is 1. The van der Waals surface area contributed by atoms with Crippen molar-refractivity contribution in [3.05, 3.63) is 57.8 Å². The van der Waals surface area contributed by atoms with E-state index >= 15 is 0 Å². The summed E-state index contributed by atoms with van der Waals surface area (Å²) in [4.78, 5) is 11.1. The predicted molar refractivity (Wildman–Crippen MR) is 123 cm³/mol. The van der Waals surface area contributed by atoms with Crippen molar-refractivity contribution in [2.75, 3.05) is 39.8 Å². The van der Waals surface area contributed by atoms with Gasteiger partial charge in [-0.15, -0.1) is 11.3 Å². The van der Waals surface area contributed by atoms with Gasteiger partial charge in [0.2, 0.25) is 0 Å². The summed E-state index contributed by atoms with van der Waals surface area (Å²) in [7, 11) is 1.87. The summed E-state index contributed by atoms with van der Waals surface area (Å²) in [6.45, 7) is 7.59. The highest BCUT2D eigenvalue weighted by molar-refractivity contribution is 7.10. The molecular formula is C23H33N5S. The number of hydrogen-bond donors (Lipinski definition) is 2. The van der Waals surface area contributed by atoms with Crippen LogP contribution in [-0.4, -0.2) is 61.6 Å². The van der Waals surface area contributed by atoms with E-state index in [9.17, 15) is 0 Å².